The average Bonchev–Trinajstić information content (AvgIpc) is 2.47. The van der Waals surface area contributed by atoms with E-state index in [4.69, 9.17) is 9.47 Å². The molecule has 16 heavy (non-hydrogen) atoms. The molecule has 0 N–H and O–H groups in total. The summed E-state index contributed by atoms with van der Waals surface area (Å²) in [4.78, 5) is 0. The van der Waals surface area contributed by atoms with Gasteiger partial charge in [-0.1, -0.05) is 13.8 Å². The smallest absolute Gasteiger partial charge is 0.164 e. The molecule has 2 nitrogen and oxygen atoms in total. The molecule has 4 atom stereocenters. The molecule has 0 spiro atoms. The van der Waals surface area contributed by atoms with Gasteiger partial charge in [-0.2, -0.15) is 0 Å². The highest BCUT2D eigenvalue weighted by Gasteiger charge is 2.70. The zero-order valence-corrected chi connectivity index (χ0v) is 10.5. The summed E-state index contributed by atoms with van der Waals surface area (Å²) in [5.41, 5.74) is -0.450. The van der Waals surface area contributed by atoms with Gasteiger partial charge >= 0.3 is 0 Å². The summed E-state index contributed by atoms with van der Waals surface area (Å²) in [6, 6.07) is 0. The minimum absolute atomic E-state index is 0.0377. The van der Waals surface area contributed by atoms with Crippen molar-refractivity contribution in [3.05, 3.63) is 0 Å². The van der Waals surface area contributed by atoms with Gasteiger partial charge in [-0.15, -0.1) is 0 Å². The summed E-state index contributed by atoms with van der Waals surface area (Å²) in [5, 5.41) is 0. The molecule has 3 heteroatoms. The van der Waals surface area contributed by atoms with Gasteiger partial charge in [0.1, 0.15) is 12.3 Å². The molecular weight excluding hydrogens is 207 g/mol. The maximum atomic E-state index is 13.6. The van der Waals surface area contributed by atoms with Crippen molar-refractivity contribution in [2.75, 3.05) is 6.67 Å². The van der Waals surface area contributed by atoms with E-state index in [-0.39, 0.29) is 11.5 Å². The van der Waals surface area contributed by atoms with Gasteiger partial charge < -0.3 is 9.47 Å². The first kappa shape index (κ1) is 11.0. The molecule has 3 aliphatic carbocycles. The zero-order valence-electron chi connectivity index (χ0n) is 10.5. The molecule has 2 bridgehead atoms. The van der Waals surface area contributed by atoms with Gasteiger partial charge in [0.2, 0.25) is 0 Å². The molecule has 4 fully saturated rings. The van der Waals surface area contributed by atoms with Gasteiger partial charge in [0, 0.05) is 0 Å². The molecule has 1 aliphatic heterocycles. The first-order chi connectivity index (χ1) is 7.32. The fraction of sp³-hybridized carbons (Fsp3) is 1.00. The van der Waals surface area contributed by atoms with E-state index in [1.807, 2.05) is 13.8 Å². The van der Waals surface area contributed by atoms with Crippen molar-refractivity contribution in [3.8, 4) is 0 Å². The van der Waals surface area contributed by atoms with Crippen molar-refractivity contribution in [1.82, 2.24) is 0 Å². The first-order valence-corrected chi connectivity index (χ1v) is 6.26. The number of ether oxygens (including phenoxy) is 2. The van der Waals surface area contributed by atoms with Crippen LogP contribution in [0.25, 0.3) is 0 Å². The Bertz CT molecular complexity index is 326. The van der Waals surface area contributed by atoms with Gasteiger partial charge in [-0.05, 0) is 43.9 Å². The van der Waals surface area contributed by atoms with Crippen LogP contribution in [-0.2, 0) is 9.47 Å². The summed E-state index contributed by atoms with van der Waals surface area (Å²) in [7, 11) is 0. The van der Waals surface area contributed by atoms with Crippen LogP contribution in [0, 0.1) is 17.3 Å². The van der Waals surface area contributed by atoms with E-state index in [9.17, 15) is 4.39 Å². The van der Waals surface area contributed by atoms with Crippen LogP contribution < -0.4 is 0 Å². The standard InChI is InChI=1S/C13H21FO2/c1-11(2)8-5-9(11)13(7-14)10(6-8)15-12(3,4)16-13/h8-10H,5-7H2,1-4H3/t8-,9-,10+,13-/m1/s1. The van der Waals surface area contributed by atoms with E-state index >= 15 is 0 Å². The third-order valence-electron chi connectivity index (χ3n) is 5.17. The molecular formula is C13H21FO2. The van der Waals surface area contributed by atoms with Crippen molar-refractivity contribution >= 4 is 0 Å². The molecule has 0 aromatic rings. The number of hydrogen-bond acceptors (Lipinski definition) is 2. The third-order valence-corrected chi connectivity index (χ3v) is 5.17. The fourth-order valence-corrected chi connectivity index (χ4v) is 4.24. The van der Waals surface area contributed by atoms with Crippen LogP contribution in [0.15, 0.2) is 0 Å². The molecule has 1 heterocycles. The van der Waals surface area contributed by atoms with Crippen molar-refractivity contribution < 1.29 is 13.9 Å². The Labute approximate surface area is 96.5 Å². The van der Waals surface area contributed by atoms with Gasteiger partial charge in [0.15, 0.2) is 5.79 Å². The second kappa shape index (κ2) is 2.81. The van der Waals surface area contributed by atoms with E-state index < -0.39 is 18.1 Å². The van der Waals surface area contributed by atoms with Crippen LogP contribution in [-0.4, -0.2) is 24.2 Å². The maximum Gasteiger partial charge on any atom is 0.164 e. The van der Waals surface area contributed by atoms with Crippen LogP contribution >= 0.6 is 0 Å². The SMILES string of the molecule is CC1(C)O[C@H]2C[C@H]3C[C@H](C3(C)C)[C@@]2(CF)O1. The maximum absolute atomic E-state index is 13.6. The minimum atomic E-state index is -0.665. The Balaban J connectivity index is 1.98. The number of halogens is 1. The Hall–Kier alpha value is -0.150. The highest BCUT2D eigenvalue weighted by atomic mass is 19.1. The second-order valence-corrected chi connectivity index (χ2v) is 6.74. The monoisotopic (exact) mass is 228 g/mol. The molecule has 0 unspecified atom stereocenters. The van der Waals surface area contributed by atoms with Gasteiger partial charge in [0.05, 0.1) is 6.10 Å². The predicted molar refractivity (Wildman–Crippen MR) is 58.7 cm³/mol. The fourth-order valence-electron chi connectivity index (χ4n) is 4.24. The van der Waals surface area contributed by atoms with Crippen molar-refractivity contribution in [2.24, 2.45) is 17.3 Å². The van der Waals surface area contributed by atoms with E-state index in [0.29, 0.717) is 11.8 Å². The minimum Gasteiger partial charge on any atom is -0.344 e. The summed E-state index contributed by atoms with van der Waals surface area (Å²) >= 11 is 0. The van der Waals surface area contributed by atoms with Gasteiger partial charge in [-0.3, -0.25) is 0 Å². The van der Waals surface area contributed by atoms with E-state index in [0.717, 1.165) is 12.8 Å². The normalized spacial score (nSPS) is 51.9. The highest BCUT2D eigenvalue weighted by Crippen LogP contribution is 2.67. The van der Waals surface area contributed by atoms with Crippen LogP contribution in [0.2, 0.25) is 0 Å². The first-order valence-electron chi connectivity index (χ1n) is 6.26. The molecule has 3 saturated carbocycles. The predicted octanol–water partition coefficient (Wildman–Crippen LogP) is 2.91. The lowest BCUT2D eigenvalue weighted by molar-refractivity contribution is -0.234. The number of hydrogen-bond donors (Lipinski definition) is 0. The zero-order chi connectivity index (χ0) is 11.8. The Morgan fingerprint density at radius 1 is 1.19 bits per heavy atom. The summed E-state index contributed by atoms with van der Waals surface area (Å²) in [5.74, 6) is 0.375. The number of alkyl halides is 1. The van der Waals surface area contributed by atoms with Gasteiger partial charge in [0.25, 0.3) is 0 Å². The second-order valence-electron chi connectivity index (χ2n) is 6.74. The van der Waals surface area contributed by atoms with Crippen LogP contribution in [0.3, 0.4) is 0 Å². The van der Waals surface area contributed by atoms with Crippen molar-refractivity contribution in [1.29, 1.82) is 0 Å². The van der Waals surface area contributed by atoms with Gasteiger partial charge in [-0.25, -0.2) is 4.39 Å². The molecule has 0 aromatic carbocycles. The lowest BCUT2D eigenvalue weighted by Gasteiger charge is -2.64. The molecule has 4 aliphatic rings. The lowest BCUT2D eigenvalue weighted by atomic mass is 9.43. The third kappa shape index (κ3) is 1.09. The molecule has 0 aromatic heterocycles. The number of rotatable bonds is 1. The molecule has 92 valence electrons. The molecule has 4 rings (SSSR count). The lowest BCUT2D eigenvalue weighted by Crippen LogP contribution is -2.67. The Morgan fingerprint density at radius 3 is 2.44 bits per heavy atom. The van der Waals surface area contributed by atoms with E-state index in [1.54, 1.807) is 0 Å². The molecule has 0 amide bonds. The van der Waals surface area contributed by atoms with Crippen molar-refractivity contribution in [2.45, 2.75) is 58.0 Å². The van der Waals surface area contributed by atoms with E-state index in [1.165, 1.54) is 0 Å². The summed E-state index contributed by atoms with van der Waals surface area (Å²) in [6.07, 6.45) is 2.02. The van der Waals surface area contributed by atoms with Crippen LogP contribution in [0.5, 0.6) is 0 Å². The van der Waals surface area contributed by atoms with E-state index in [2.05, 4.69) is 13.8 Å². The van der Waals surface area contributed by atoms with Crippen LogP contribution in [0.4, 0.5) is 4.39 Å². The summed E-state index contributed by atoms with van der Waals surface area (Å²) < 4.78 is 25.4. The topological polar surface area (TPSA) is 18.5 Å². The highest BCUT2D eigenvalue weighted by molar-refractivity contribution is 5.17. The molecule has 0 radical (unpaired) electrons. The quantitative estimate of drug-likeness (QED) is 0.687. The Kier molecular flexibility index (Phi) is 1.93. The van der Waals surface area contributed by atoms with Crippen LogP contribution in [0.1, 0.15) is 40.5 Å². The molecule has 1 saturated heterocycles. The summed E-state index contributed by atoms with van der Waals surface area (Å²) in [6.45, 7) is 7.87. The Morgan fingerprint density at radius 2 is 1.88 bits per heavy atom. The average molecular weight is 228 g/mol. The largest absolute Gasteiger partial charge is 0.344 e. The van der Waals surface area contributed by atoms with Crippen molar-refractivity contribution in [3.63, 3.8) is 0 Å².